The third kappa shape index (κ3) is 4.19. The van der Waals surface area contributed by atoms with Crippen molar-refractivity contribution in [3.05, 3.63) is 76.9 Å². The Kier molecular flexibility index (Phi) is 6.72. The fourth-order valence-electron chi connectivity index (χ4n) is 4.41. The number of ether oxygens (including phenoxy) is 4. The van der Waals surface area contributed by atoms with Crippen LogP contribution in [0.1, 0.15) is 28.3 Å². The smallest absolute Gasteiger partial charge is 0.243 e. The molecule has 1 aliphatic rings. The highest BCUT2D eigenvalue weighted by Gasteiger charge is 2.38. The Bertz CT molecular complexity index is 1290. The Labute approximate surface area is 200 Å². The quantitative estimate of drug-likeness (QED) is 0.492. The molecule has 4 rings (SSSR count). The first-order valence-corrected chi connectivity index (χ1v) is 12.3. The number of hydrogen-bond acceptors (Lipinski definition) is 6. The average molecular weight is 484 g/mol. The molecule has 0 fully saturated rings. The minimum Gasteiger partial charge on any atom is -0.493 e. The molecule has 3 aromatic rings. The number of benzene rings is 3. The summed E-state index contributed by atoms with van der Waals surface area (Å²) in [6.45, 7) is 2.07. The van der Waals surface area contributed by atoms with E-state index in [0.29, 0.717) is 29.4 Å². The van der Waals surface area contributed by atoms with Crippen LogP contribution in [0.5, 0.6) is 23.0 Å². The van der Waals surface area contributed by atoms with Crippen LogP contribution < -0.4 is 18.9 Å². The zero-order valence-electron chi connectivity index (χ0n) is 20.0. The van der Waals surface area contributed by atoms with Crippen LogP contribution in [0.2, 0.25) is 0 Å². The highest BCUT2D eigenvalue weighted by molar-refractivity contribution is 7.89. The summed E-state index contributed by atoms with van der Waals surface area (Å²) >= 11 is 0. The normalized spacial score (nSPS) is 16.0. The van der Waals surface area contributed by atoms with E-state index in [1.54, 1.807) is 58.8 Å². The van der Waals surface area contributed by atoms with Gasteiger partial charge >= 0.3 is 0 Å². The molecule has 180 valence electrons. The van der Waals surface area contributed by atoms with E-state index in [0.717, 1.165) is 22.3 Å². The minimum absolute atomic E-state index is 0.144. The lowest BCUT2D eigenvalue weighted by Crippen LogP contribution is -2.39. The molecule has 0 saturated carbocycles. The predicted molar refractivity (Wildman–Crippen MR) is 129 cm³/mol. The fraction of sp³-hybridized carbons (Fsp3) is 0.308. The Morgan fingerprint density at radius 1 is 0.794 bits per heavy atom. The second kappa shape index (κ2) is 9.56. The maximum absolute atomic E-state index is 13.9. The van der Waals surface area contributed by atoms with Gasteiger partial charge in [0.05, 0.1) is 39.4 Å². The van der Waals surface area contributed by atoms with Gasteiger partial charge in [0.15, 0.2) is 23.0 Å². The van der Waals surface area contributed by atoms with Gasteiger partial charge in [-0.1, -0.05) is 29.8 Å². The molecule has 1 atom stereocenters. The summed E-state index contributed by atoms with van der Waals surface area (Å²) in [6.07, 6.45) is 0.469. The third-order valence-corrected chi connectivity index (χ3v) is 8.11. The van der Waals surface area contributed by atoms with E-state index in [2.05, 4.69) is 0 Å². The Hall–Kier alpha value is -3.23. The Balaban J connectivity index is 1.89. The van der Waals surface area contributed by atoms with Crippen molar-refractivity contribution in [3.63, 3.8) is 0 Å². The summed E-state index contributed by atoms with van der Waals surface area (Å²) in [5, 5.41) is 0. The molecule has 0 saturated heterocycles. The molecule has 0 amide bonds. The van der Waals surface area contributed by atoms with Gasteiger partial charge in [-0.3, -0.25) is 0 Å². The number of rotatable bonds is 7. The fourth-order valence-corrected chi connectivity index (χ4v) is 6.00. The number of sulfonamides is 1. The molecule has 0 N–H and O–H groups in total. The van der Waals surface area contributed by atoms with Gasteiger partial charge in [0, 0.05) is 12.1 Å². The first-order valence-electron chi connectivity index (χ1n) is 10.9. The lowest BCUT2D eigenvalue weighted by molar-refractivity contribution is 0.282. The summed E-state index contributed by atoms with van der Waals surface area (Å²) in [5.74, 6) is 2.25. The lowest BCUT2D eigenvalue weighted by Gasteiger charge is -2.37. The first kappa shape index (κ1) is 23.9. The molecule has 7 nitrogen and oxygen atoms in total. The standard InChI is InChI=1S/C26H29NO6S/c1-17-6-10-20(11-7-17)34(28,29)27-16-21-18(8-13-24(31-3)26(21)33-5)14-22(27)19-9-12-23(30-2)25(15-19)32-4/h6-13,15,22H,14,16H2,1-5H3/t22-/m0/s1. The average Bonchev–Trinajstić information content (AvgIpc) is 2.86. The first-order chi connectivity index (χ1) is 16.3. The molecular formula is C26H29NO6S. The molecule has 0 radical (unpaired) electrons. The van der Waals surface area contributed by atoms with Crippen molar-refractivity contribution < 1.29 is 27.4 Å². The Morgan fingerprint density at radius 3 is 2.06 bits per heavy atom. The van der Waals surface area contributed by atoms with Crippen LogP contribution in [-0.4, -0.2) is 41.2 Å². The van der Waals surface area contributed by atoms with Gasteiger partial charge in [0.1, 0.15) is 0 Å². The molecule has 1 aliphatic heterocycles. The number of hydrogen-bond donors (Lipinski definition) is 0. The van der Waals surface area contributed by atoms with Gasteiger partial charge in [0.2, 0.25) is 10.0 Å². The van der Waals surface area contributed by atoms with Gasteiger partial charge in [-0.2, -0.15) is 4.31 Å². The van der Waals surface area contributed by atoms with E-state index in [-0.39, 0.29) is 11.4 Å². The van der Waals surface area contributed by atoms with Crippen LogP contribution in [0.15, 0.2) is 59.5 Å². The molecule has 0 aromatic heterocycles. The molecule has 0 spiro atoms. The summed E-state index contributed by atoms with van der Waals surface area (Å²) in [5.41, 5.74) is 3.61. The number of aryl methyl sites for hydroxylation is 1. The van der Waals surface area contributed by atoms with Crippen molar-refractivity contribution in [2.45, 2.75) is 30.8 Å². The van der Waals surface area contributed by atoms with Crippen molar-refractivity contribution in [1.82, 2.24) is 4.31 Å². The highest BCUT2D eigenvalue weighted by atomic mass is 32.2. The molecule has 34 heavy (non-hydrogen) atoms. The zero-order valence-corrected chi connectivity index (χ0v) is 20.8. The van der Waals surface area contributed by atoms with E-state index in [9.17, 15) is 8.42 Å². The third-order valence-electron chi connectivity index (χ3n) is 6.24. The molecular weight excluding hydrogens is 454 g/mol. The topological polar surface area (TPSA) is 74.3 Å². The zero-order chi connectivity index (χ0) is 24.5. The second-order valence-electron chi connectivity index (χ2n) is 8.14. The molecule has 0 bridgehead atoms. The molecule has 1 heterocycles. The number of methoxy groups -OCH3 is 4. The maximum Gasteiger partial charge on any atom is 0.243 e. The van der Waals surface area contributed by atoms with E-state index in [4.69, 9.17) is 18.9 Å². The summed E-state index contributed by atoms with van der Waals surface area (Å²) in [6, 6.07) is 15.8. The van der Waals surface area contributed by atoms with Crippen molar-refractivity contribution in [1.29, 1.82) is 0 Å². The van der Waals surface area contributed by atoms with E-state index < -0.39 is 16.1 Å². The van der Waals surface area contributed by atoms with Crippen LogP contribution >= 0.6 is 0 Å². The van der Waals surface area contributed by atoms with Crippen LogP contribution in [0.3, 0.4) is 0 Å². The lowest BCUT2D eigenvalue weighted by atomic mass is 9.90. The monoisotopic (exact) mass is 483 g/mol. The molecule has 3 aromatic carbocycles. The van der Waals surface area contributed by atoms with Crippen molar-refractivity contribution in [2.24, 2.45) is 0 Å². The van der Waals surface area contributed by atoms with Crippen LogP contribution in [0.25, 0.3) is 0 Å². The maximum atomic E-state index is 13.9. The highest BCUT2D eigenvalue weighted by Crippen LogP contribution is 2.44. The van der Waals surface area contributed by atoms with E-state index in [1.807, 2.05) is 31.2 Å². The number of fused-ring (bicyclic) bond motifs is 1. The SMILES string of the molecule is COc1ccc([C@@H]2Cc3ccc(OC)c(OC)c3CN2S(=O)(=O)c2ccc(C)cc2)cc1OC. The van der Waals surface area contributed by atoms with Crippen LogP contribution in [0.4, 0.5) is 0 Å². The molecule has 8 heteroatoms. The minimum atomic E-state index is -3.83. The van der Waals surface area contributed by atoms with Crippen LogP contribution in [0, 0.1) is 6.92 Å². The van der Waals surface area contributed by atoms with Gasteiger partial charge in [-0.05, 0) is 54.8 Å². The van der Waals surface area contributed by atoms with Crippen molar-refractivity contribution >= 4 is 10.0 Å². The predicted octanol–water partition coefficient (Wildman–Crippen LogP) is 4.52. The summed E-state index contributed by atoms with van der Waals surface area (Å²) in [7, 11) is 2.44. The van der Waals surface area contributed by atoms with E-state index >= 15 is 0 Å². The molecule has 0 aliphatic carbocycles. The Morgan fingerprint density at radius 2 is 1.44 bits per heavy atom. The van der Waals surface area contributed by atoms with Gasteiger partial charge in [-0.25, -0.2) is 8.42 Å². The summed E-state index contributed by atoms with van der Waals surface area (Å²) in [4.78, 5) is 0.244. The molecule has 0 unspecified atom stereocenters. The van der Waals surface area contributed by atoms with Crippen LogP contribution in [-0.2, 0) is 23.0 Å². The van der Waals surface area contributed by atoms with Gasteiger partial charge in [-0.15, -0.1) is 0 Å². The summed E-state index contributed by atoms with van der Waals surface area (Å²) < 4.78 is 51.4. The van der Waals surface area contributed by atoms with Crippen molar-refractivity contribution in [3.8, 4) is 23.0 Å². The van der Waals surface area contributed by atoms with Gasteiger partial charge < -0.3 is 18.9 Å². The van der Waals surface area contributed by atoms with Crippen molar-refractivity contribution in [2.75, 3.05) is 28.4 Å². The largest absolute Gasteiger partial charge is 0.493 e. The van der Waals surface area contributed by atoms with E-state index in [1.165, 1.54) is 4.31 Å². The second-order valence-corrected chi connectivity index (χ2v) is 10.0. The number of nitrogens with zero attached hydrogens (tertiary/aromatic N) is 1. The van der Waals surface area contributed by atoms with Gasteiger partial charge in [0.25, 0.3) is 0 Å².